The second-order valence-electron chi connectivity index (χ2n) is 6.85. The van der Waals surface area contributed by atoms with E-state index in [9.17, 15) is 4.79 Å². The summed E-state index contributed by atoms with van der Waals surface area (Å²) in [5, 5.41) is 3.41. The third-order valence-corrected chi connectivity index (χ3v) is 5.12. The topological polar surface area (TPSA) is 61.6 Å². The van der Waals surface area contributed by atoms with Gasteiger partial charge in [0.05, 0.1) is 0 Å². The minimum Gasteiger partial charge on any atom is -0.423 e. The number of para-hydroxylation sites is 2. The number of amides is 1. The SMILES string of the molecule is C[C@H]1C[C@@H](C(=O)N2CCN(c3nc4ccccc4o3)CC2)CCN1. The van der Waals surface area contributed by atoms with Crippen LogP contribution in [0.4, 0.5) is 6.01 Å². The Labute approximate surface area is 141 Å². The van der Waals surface area contributed by atoms with E-state index in [1.807, 2.05) is 29.2 Å². The van der Waals surface area contributed by atoms with E-state index in [-0.39, 0.29) is 5.92 Å². The monoisotopic (exact) mass is 328 g/mol. The molecule has 1 aromatic heterocycles. The van der Waals surface area contributed by atoms with E-state index in [0.717, 1.165) is 56.7 Å². The molecule has 4 rings (SSSR count). The molecule has 6 heteroatoms. The van der Waals surface area contributed by atoms with Crippen LogP contribution >= 0.6 is 0 Å². The maximum absolute atomic E-state index is 12.7. The zero-order chi connectivity index (χ0) is 16.5. The molecule has 6 nitrogen and oxygen atoms in total. The number of carbonyl (C=O) groups is 1. The summed E-state index contributed by atoms with van der Waals surface area (Å²) in [5.41, 5.74) is 1.70. The molecule has 2 aliphatic rings. The van der Waals surface area contributed by atoms with Crippen LogP contribution in [0.2, 0.25) is 0 Å². The first-order valence-electron chi connectivity index (χ1n) is 8.83. The minimum absolute atomic E-state index is 0.178. The van der Waals surface area contributed by atoms with Crippen LogP contribution in [0, 0.1) is 5.92 Å². The fourth-order valence-corrected chi connectivity index (χ4v) is 3.73. The molecule has 1 aromatic carbocycles. The number of oxazole rings is 1. The molecule has 1 N–H and O–H groups in total. The number of benzene rings is 1. The van der Waals surface area contributed by atoms with Gasteiger partial charge in [-0.05, 0) is 38.4 Å². The summed E-state index contributed by atoms with van der Waals surface area (Å²) in [6, 6.07) is 8.91. The van der Waals surface area contributed by atoms with Crippen molar-refractivity contribution >= 4 is 23.0 Å². The van der Waals surface area contributed by atoms with Gasteiger partial charge in [-0.1, -0.05) is 12.1 Å². The van der Waals surface area contributed by atoms with Crippen molar-refractivity contribution in [2.24, 2.45) is 5.92 Å². The second kappa shape index (κ2) is 6.43. The van der Waals surface area contributed by atoms with Gasteiger partial charge in [0.15, 0.2) is 5.58 Å². The Morgan fingerprint density at radius 2 is 2.04 bits per heavy atom. The van der Waals surface area contributed by atoms with Crippen LogP contribution in [0.1, 0.15) is 19.8 Å². The molecule has 0 saturated carbocycles. The maximum Gasteiger partial charge on any atom is 0.298 e. The van der Waals surface area contributed by atoms with Gasteiger partial charge in [0, 0.05) is 38.1 Å². The normalized spacial score (nSPS) is 25.2. The van der Waals surface area contributed by atoms with Gasteiger partial charge in [0.2, 0.25) is 5.91 Å². The van der Waals surface area contributed by atoms with Crippen LogP contribution in [-0.4, -0.2) is 54.6 Å². The molecule has 3 heterocycles. The molecular weight excluding hydrogens is 304 g/mol. The van der Waals surface area contributed by atoms with Gasteiger partial charge in [-0.3, -0.25) is 4.79 Å². The van der Waals surface area contributed by atoms with Crippen LogP contribution in [0.15, 0.2) is 28.7 Å². The quantitative estimate of drug-likeness (QED) is 0.912. The number of hydrogen-bond acceptors (Lipinski definition) is 5. The molecule has 0 unspecified atom stereocenters. The molecule has 2 aromatic rings. The van der Waals surface area contributed by atoms with Crippen molar-refractivity contribution in [3.8, 4) is 0 Å². The lowest BCUT2D eigenvalue weighted by Crippen LogP contribution is -2.52. The highest BCUT2D eigenvalue weighted by Crippen LogP contribution is 2.24. The number of hydrogen-bond donors (Lipinski definition) is 1. The Balaban J connectivity index is 1.38. The van der Waals surface area contributed by atoms with Gasteiger partial charge < -0.3 is 19.5 Å². The Hall–Kier alpha value is -2.08. The number of nitrogens with one attached hydrogen (secondary N) is 1. The van der Waals surface area contributed by atoms with Crippen molar-refractivity contribution in [2.75, 3.05) is 37.6 Å². The molecule has 128 valence electrons. The summed E-state index contributed by atoms with van der Waals surface area (Å²) >= 11 is 0. The van der Waals surface area contributed by atoms with Crippen LogP contribution in [0.5, 0.6) is 0 Å². The highest BCUT2D eigenvalue weighted by Gasteiger charge is 2.31. The van der Waals surface area contributed by atoms with E-state index in [1.165, 1.54) is 0 Å². The standard InChI is InChI=1S/C18H24N4O2/c1-13-12-14(6-7-19-13)17(23)21-8-10-22(11-9-21)18-20-15-4-2-3-5-16(15)24-18/h2-5,13-14,19H,6-12H2,1H3/t13-,14-/m0/s1. The predicted octanol–water partition coefficient (Wildman–Crippen LogP) is 1.86. The molecule has 0 bridgehead atoms. The van der Waals surface area contributed by atoms with Crippen molar-refractivity contribution in [3.63, 3.8) is 0 Å². The second-order valence-corrected chi connectivity index (χ2v) is 6.85. The first-order valence-corrected chi connectivity index (χ1v) is 8.83. The van der Waals surface area contributed by atoms with Crippen LogP contribution < -0.4 is 10.2 Å². The van der Waals surface area contributed by atoms with E-state index >= 15 is 0 Å². The lowest BCUT2D eigenvalue weighted by atomic mass is 9.92. The number of nitrogens with zero attached hydrogens (tertiary/aromatic N) is 3. The van der Waals surface area contributed by atoms with Crippen LogP contribution in [0.3, 0.4) is 0 Å². The number of piperazine rings is 1. The minimum atomic E-state index is 0.178. The van der Waals surface area contributed by atoms with Crippen LogP contribution in [-0.2, 0) is 4.79 Å². The van der Waals surface area contributed by atoms with E-state index < -0.39 is 0 Å². The molecule has 24 heavy (non-hydrogen) atoms. The number of carbonyl (C=O) groups excluding carboxylic acids is 1. The van der Waals surface area contributed by atoms with Gasteiger partial charge in [0.25, 0.3) is 6.01 Å². The average molecular weight is 328 g/mol. The third kappa shape index (κ3) is 2.98. The molecule has 2 atom stereocenters. The van der Waals surface area contributed by atoms with E-state index in [2.05, 4.69) is 22.1 Å². The summed E-state index contributed by atoms with van der Waals surface area (Å²) in [5.74, 6) is 0.498. The van der Waals surface area contributed by atoms with E-state index in [0.29, 0.717) is 18.0 Å². The number of fused-ring (bicyclic) bond motifs is 1. The Bertz CT molecular complexity index is 688. The van der Waals surface area contributed by atoms with Crippen molar-refractivity contribution < 1.29 is 9.21 Å². The number of aromatic nitrogens is 1. The lowest BCUT2D eigenvalue weighted by molar-refractivity contribution is -0.137. The Morgan fingerprint density at radius 1 is 1.25 bits per heavy atom. The van der Waals surface area contributed by atoms with E-state index in [4.69, 9.17) is 4.42 Å². The highest BCUT2D eigenvalue weighted by atomic mass is 16.4. The number of piperidine rings is 1. The van der Waals surface area contributed by atoms with Crippen molar-refractivity contribution in [1.29, 1.82) is 0 Å². The van der Waals surface area contributed by atoms with E-state index in [1.54, 1.807) is 0 Å². The van der Waals surface area contributed by atoms with Crippen molar-refractivity contribution in [3.05, 3.63) is 24.3 Å². The average Bonchev–Trinajstić information content (AvgIpc) is 3.05. The zero-order valence-corrected chi connectivity index (χ0v) is 14.1. The molecule has 2 fully saturated rings. The molecule has 2 aliphatic heterocycles. The summed E-state index contributed by atoms with van der Waals surface area (Å²) in [4.78, 5) is 21.4. The van der Waals surface area contributed by atoms with Gasteiger partial charge in [-0.25, -0.2) is 0 Å². The fourth-order valence-electron chi connectivity index (χ4n) is 3.73. The summed E-state index contributed by atoms with van der Waals surface area (Å²) < 4.78 is 5.84. The smallest absolute Gasteiger partial charge is 0.298 e. The van der Waals surface area contributed by atoms with Crippen molar-refractivity contribution in [2.45, 2.75) is 25.8 Å². The molecular formula is C18H24N4O2. The Morgan fingerprint density at radius 3 is 2.79 bits per heavy atom. The zero-order valence-electron chi connectivity index (χ0n) is 14.1. The summed E-state index contributed by atoms with van der Waals surface area (Å²) in [6.07, 6.45) is 1.90. The fraction of sp³-hybridized carbons (Fsp3) is 0.556. The predicted molar refractivity (Wildman–Crippen MR) is 93.0 cm³/mol. The highest BCUT2D eigenvalue weighted by molar-refractivity contribution is 5.79. The molecule has 0 aliphatic carbocycles. The van der Waals surface area contributed by atoms with Gasteiger partial charge in [-0.15, -0.1) is 0 Å². The molecule has 0 spiro atoms. The largest absolute Gasteiger partial charge is 0.423 e. The summed E-state index contributed by atoms with van der Waals surface area (Å²) in [6.45, 7) is 6.15. The number of anilines is 1. The molecule has 2 saturated heterocycles. The van der Waals surface area contributed by atoms with Gasteiger partial charge in [-0.2, -0.15) is 4.98 Å². The number of rotatable bonds is 2. The first kappa shape index (κ1) is 15.4. The van der Waals surface area contributed by atoms with Crippen LogP contribution in [0.25, 0.3) is 11.1 Å². The first-order chi connectivity index (χ1) is 11.7. The van der Waals surface area contributed by atoms with Crippen molar-refractivity contribution in [1.82, 2.24) is 15.2 Å². The molecule has 1 amide bonds. The lowest BCUT2D eigenvalue weighted by Gasteiger charge is -2.37. The van der Waals surface area contributed by atoms with Gasteiger partial charge in [0.1, 0.15) is 5.52 Å². The third-order valence-electron chi connectivity index (χ3n) is 5.12. The summed E-state index contributed by atoms with van der Waals surface area (Å²) in [7, 11) is 0. The van der Waals surface area contributed by atoms with Gasteiger partial charge >= 0.3 is 0 Å². The maximum atomic E-state index is 12.7. The molecule has 0 radical (unpaired) electrons. The Kier molecular flexibility index (Phi) is 4.14.